The molecular formula is C13H14N4O3. The molecule has 2 rings (SSSR count). The van der Waals surface area contributed by atoms with Crippen molar-refractivity contribution in [3.05, 3.63) is 47.3 Å². The van der Waals surface area contributed by atoms with Gasteiger partial charge in [-0.1, -0.05) is 0 Å². The van der Waals surface area contributed by atoms with Crippen molar-refractivity contribution >= 4 is 17.7 Å². The summed E-state index contributed by atoms with van der Waals surface area (Å²) < 4.78 is 0. The molecule has 7 heteroatoms. The lowest BCUT2D eigenvalue weighted by Gasteiger charge is -2.08. The van der Waals surface area contributed by atoms with Crippen LogP contribution in [-0.2, 0) is 6.54 Å². The number of carboxylic acid groups (broad SMARTS) is 1. The van der Waals surface area contributed by atoms with Gasteiger partial charge in [0.15, 0.2) is 0 Å². The van der Waals surface area contributed by atoms with E-state index in [1.54, 1.807) is 31.5 Å². The summed E-state index contributed by atoms with van der Waals surface area (Å²) in [5.74, 6) is -0.988. The van der Waals surface area contributed by atoms with Crippen LogP contribution in [0.4, 0.5) is 10.5 Å². The molecule has 0 aliphatic rings. The first kappa shape index (κ1) is 13.6. The van der Waals surface area contributed by atoms with E-state index in [-0.39, 0.29) is 11.6 Å². The van der Waals surface area contributed by atoms with Crippen molar-refractivity contribution in [2.45, 2.75) is 13.5 Å². The van der Waals surface area contributed by atoms with E-state index >= 15 is 0 Å². The Labute approximate surface area is 115 Å². The summed E-state index contributed by atoms with van der Waals surface area (Å²) in [7, 11) is 0. The SMILES string of the molecule is Cc1cc(NC(=O)NCc2cn[nH]c2)ccc1C(=O)O. The largest absolute Gasteiger partial charge is 0.478 e. The average Bonchev–Trinajstić information content (AvgIpc) is 2.89. The first-order chi connectivity index (χ1) is 9.56. The predicted octanol–water partition coefficient (Wildman–Crippen LogP) is 1.74. The summed E-state index contributed by atoms with van der Waals surface area (Å²) in [5.41, 5.74) is 2.20. The zero-order chi connectivity index (χ0) is 14.5. The molecule has 7 nitrogen and oxygen atoms in total. The van der Waals surface area contributed by atoms with Crippen LogP contribution in [0.2, 0.25) is 0 Å². The summed E-state index contributed by atoms with van der Waals surface area (Å²) in [6, 6.07) is 4.26. The van der Waals surface area contributed by atoms with Crippen LogP contribution < -0.4 is 10.6 Å². The van der Waals surface area contributed by atoms with Crippen molar-refractivity contribution in [1.29, 1.82) is 0 Å². The molecular weight excluding hydrogens is 260 g/mol. The molecule has 0 aliphatic carbocycles. The van der Waals surface area contributed by atoms with E-state index < -0.39 is 5.97 Å². The number of aromatic carboxylic acids is 1. The molecule has 20 heavy (non-hydrogen) atoms. The van der Waals surface area contributed by atoms with Gasteiger partial charge in [-0.3, -0.25) is 5.10 Å². The van der Waals surface area contributed by atoms with Crippen LogP contribution in [0.25, 0.3) is 0 Å². The van der Waals surface area contributed by atoms with E-state index in [0.29, 0.717) is 17.8 Å². The highest BCUT2D eigenvalue weighted by molar-refractivity contribution is 5.92. The van der Waals surface area contributed by atoms with Crippen LogP contribution >= 0.6 is 0 Å². The molecule has 0 aliphatic heterocycles. The van der Waals surface area contributed by atoms with Gasteiger partial charge in [0, 0.05) is 24.0 Å². The number of aryl methyl sites for hydroxylation is 1. The first-order valence-electron chi connectivity index (χ1n) is 5.92. The molecule has 0 saturated carbocycles. The average molecular weight is 274 g/mol. The summed E-state index contributed by atoms with van der Waals surface area (Å²) in [6.07, 6.45) is 3.30. The zero-order valence-corrected chi connectivity index (χ0v) is 10.8. The van der Waals surface area contributed by atoms with Gasteiger partial charge in [-0.15, -0.1) is 0 Å². The third-order valence-corrected chi connectivity index (χ3v) is 2.72. The quantitative estimate of drug-likeness (QED) is 0.681. The molecule has 0 fully saturated rings. The van der Waals surface area contributed by atoms with Gasteiger partial charge in [-0.25, -0.2) is 9.59 Å². The first-order valence-corrected chi connectivity index (χ1v) is 5.92. The maximum absolute atomic E-state index is 11.7. The normalized spacial score (nSPS) is 10.1. The second-order valence-electron chi connectivity index (χ2n) is 4.25. The fourth-order valence-corrected chi connectivity index (χ4v) is 1.71. The van der Waals surface area contributed by atoms with Crippen LogP contribution in [0.5, 0.6) is 0 Å². The third kappa shape index (κ3) is 3.35. The number of benzene rings is 1. The minimum atomic E-state index is -0.988. The topological polar surface area (TPSA) is 107 Å². The summed E-state index contributed by atoms with van der Waals surface area (Å²) in [5, 5.41) is 20.6. The van der Waals surface area contributed by atoms with Gasteiger partial charge < -0.3 is 15.7 Å². The number of nitrogens with one attached hydrogen (secondary N) is 3. The number of H-pyrrole nitrogens is 1. The highest BCUT2D eigenvalue weighted by Crippen LogP contribution is 2.15. The van der Waals surface area contributed by atoms with E-state index in [0.717, 1.165) is 5.56 Å². The summed E-state index contributed by atoms with van der Waals surface area (Å²) in [4.78, 5) is 22.5. The maximum Gasteiger partial charge on any atom is 0.335 e. The Hall–Kier alpha value is -2.83. The standard InChI is InChI=1S/C13H14N4O3/c1-8-4-10(2-3-11(8)12(18)19)17-13(20)14-5-9-6-15-16-7-9/h2-4,6-7H,5H2,1H3,(H,15,16)(H,18,19)(H2,14,17,20). The van der Waals surface area contributed by atoms with E-state index in [2.05, 4.69) is 20.8 Å². The molecule has 104 valence electrons. The third-order valence-electron chi connectivity index (χ3n) is 2.72. The van der Waals surface area contributed by atoms with Crippen molar-refractivity contribution in [2.24, 2.45) is 0 Å². The van der Waals surface area contributed by atoms with E-state index in [1.165, 1.54) is 6.07 Å². The summed E-state index contributed by atoms with van der Waals surface area (Å²) in [6.45, 7) is 2.03. The molecule has 1 aromatic heterocycles. The lowest BCUT2D eigenvalue weighted by atomic mass is 10.1. The molecule has 1 heterocycles. The lowest BCUT2D eigenvalue weighted by Crippen LogP contribution is -2.28. The van der Waals surface area contributed by atoms with Crippen LogP contribution in [0.3, 0.4) is 0 Å². The Bertz CT molecular complexity index is 623. The number of urea groups is 1. The van der Waals surface area contributed by atoms with Gasteiger partial charge in [0.05, 0.1) is 11.8 Å². The second kappa shape index (κ2) is 5.87. The molecule has 2 aromatic rings. The summed E-state index contributed by atoms with van der Waals surface area (Å²) >= 11 is 0. The molecule has 4 N–H and O–H groups in total. The highest BCUT2D eigenvalue weighted by atomic mass is 16.4. The molecule has 0 spiro atoms. The number of carbonyl (C=O) groups excluding carboxylic acids is 1. The van der Waals surface area contributed by atoms with Gasteiger partial charge in [0.1, 0.15) is 0 Å². The van der Waals surface area contributed by atoms with Crippen molar-refractivity contribution in [3.8, 4) is 0 Å². The number of nitrogens with zero attached hydrogens (tertiary/aromatic N) is 1. The van der Waals surface area contributed by atoms with Gasteiger partial charge >= 0.3 is 12.0 Å². The number of carboxylic acids is 1. The Morgan fingerprint density at radius 2 is 2.20 bits per heavy atom. The highest BCUT2D eigenvalue weighted by Gasteiger charge is 2.08. The van der Waals surface area contributed by atoms with Crippen LogP contribution in [0.15, 0.2) is 30.6 Å². The van der Waals surface area contributed by atoms with Crippen molar-refractivity contribution in [3.63, 3.8) is 0 Å². The Kier molecular flexibility index (Phi) is 3.99. The number of hydrogen-bond acceptors (Lipinski definition) is 3. The maximum atomic E-state index is 11.7. The minimum Gasteiger partial charge on any atom is -0.478 e. The monoisotopic (exact) mass is 274 g/mol. The second-order valence-corrected chi connectivity index (χ2v) is 4.25. The Balaban J connectivity index is 1.94. The van der Waals surface area contributed by atoms with E-state index in [9.17, 15) is 9.59 Å². The van der Waals surface area contributed by atoms with Crippen LogP contribution in [0.1, 0.15) is 21.5 Å². The number of hydrogen-bond donors (Lipinski definition) is 4. The predicted molar refractivity (Wildman–Crippen MR) is 72.6 cm³/mol. The molecule has 2 amide bonds. The van der Waals surface area contributed by atoms with E-state index in [4.69, 9.17) is 5.11 Å². The smallest absolute Gasteiger partial charge is 0.335 e. The number of aromatic amines is 1. The van der Waals surface area contributed by atoms with Crippen LogP contribution in [0, 0.1) is 6.92 Å². The van der Waals surface area contributed by atoms with Gasteiger partial charge in [0.25, 0.3) is 0 Å². The lowest BCUT2D eigenvalue weighted by molar-refractivity contribution is 0.0696. The van der Waals surface area contributed by atoms with Crippen molar-refractivity contribution in [1.82, 2.24) is 15.5 Å². The Morgan fingerprint density at radius 3 is 2.80 bits per heavy atom. The number of amides is 2. The number of rotatable bonds is 4. The van der Waals surface area contributed by atoms with Crippen LogP contribution in [-0.4, -0.2) is 27.3 Å². The number of anilines is 1. The fourth-order valence-electron chi connectivity index (χ4n) is 1.71. The number of carbonyl (C=O) groups is 2. The number of aromatic nitrogens is 2. The van der Waals surface area contributed by atoms with Gasteiger partial charge in [0.2, 0.25) is 0 Å². The fraction of sp³-hybridized carbons (Fsp3) is 0.154. The van der Waals surface area contributed by atoms with Crippen molar-refractivity contribution in [2.75, 3.05) is 5.32 Å². The zero-order valence-electron chi connectivity index (χ0n) is 10.8. The van der Waals surface area contributed by atoms with Gasteiger partial charge in [-0.2, -0.15) is 5.10 Å². The Morgan fingerprint density at radius 1 is 1.40 bits per heavy atom. The molecule has 1 aromatic carbocycles. The van der Waals surface area contributed by atoms with E-state index in [1.807, 2.05) is 0 Å². The molecule has 0 atom stereocenters. The molecule has 0 unspecified atom stereocenters. The minimum absolute atomic E-state index is 0.217. The van der Waals surface area contributed by atoms with Crippen molar-refractivity contribution < 1.29 is 14.7 Å². The molecule has 0 saturated heterocycles. The molecule has 0 radical (unpaired) electrons. The molecule has 0 bridgehead atoms. The van der Waals surface area contributed by atoms with Gasteiger partial charge in [-0.05, 0) is 30.7 Å².